The van der Waals surface area contributed by atoms with Gasteiger partial charge in [-0.15, -0.1) is 0 Å². The van der Waals surface area contributed by atoms with Crippen LogP contribution in [0.5, 0.6) is 0 Å². The van der Waals surface area contributed by atoms with Gasteiger partial charge in [-0.2, -0.15) is 0 Å². The van der Waals surface area contributed by atoms with Crippen LogP contribution in [0.25, 0.3) is 55.3 Å². The van der Waals surface area contributed by atoms with Crippen LogP contribution in [-0.4, -0.2) is 4.98 Å². The molecule has 0 unspecified atom stereocenters. The van der Waals surface area contributed by atoms with Crippen LogP contribution in [0.1, 0.15) is 0 Å². The van der Waals surface area contributed by atoms with E-state index in [9.17, 15) is 0 Å². The fraction of sp³-hybridized carbons (Fsp3) is 0. The molecule has 0 aliphatic rings. The van der Waals surface area contributed by atoms with Crippen LogP contribution in [0.15, 0.2) is 81.6 Å². The molecule has 0 N–H and O–H groups in total. The molecule has 0 radical (unpaired) electrons. The number of furan rings is 1. The second-order valence-corrected chi connectivity index (χ2v) is 7.05. The molecular formula is C23H12ClNO2. The number of fused-ring (bicyclic) bond motifs is 6. The predicted molar refractivity (Wildman–Crippen MR) is 109 cm³/mol. The molecule has 0 saturated heterocycles. The largest absolute Gasteiger partial charge is 0.456 e. The number of benzene rings is 4. The van der Waals surface area contributed by atoms with Crippen LogP contribution in [0, 0.1) is 0 Å². The van der Waals surface area contributed by atoms with Gasteiger partial charge in [0.15, 0.2) is 5.58 Å². The molecule has 4 heteroatoms. The number of nitrogens with zero attached hydrogens (tertiary/aromatic N) is 1. The summed E-state index contributed by atoms with van der Waals surface area (Å²) in [6, 6.07) is 23.9. The van der Waals surface area contributed by atoms with Crippen molar-refractivity contribution in [1.29, 1.82) is 0 Å². The predicted octanol–water partition coefficient (Wildman–Crippen LogP) is 7.20. The minimum Gasteiger partial charge on any atom is -0.456 e. The highest BCUT2D eigenvalue weighted by Crippen LogP contribution is 2.37. The van der Waals surface area contributed by atoms with Crippen LogP contribution in [-0.2, 0) is 0 Å². The third-order valence-corrected chi connectivity index (χ3v) is 5.19. The average Bonchev–Trinajstić information content (AvgIpc) is 3.28. The van der Waals surface area contributed by atoms with Crippen molar-refractivity contribution in [2.45, 2.75) is 0 Å². The summed E-state index contributed by atoms with van der Waals surface area (Å²) in [5.74, 6) is 0.597. The number of aromatic nitrogens is 1. The molecule has 6 aromatic rings. The minimum absolute atomic E-state index is 0.597. The molecule has 0 aliphatic heterocycles. The van der Waals surface area contributed by atoms with E-state index in [2.05, 4.69) is 24.3 Å². The Morgan fingerprint density at radius 1 is 0.704 bits per heavy atom. The van der Waals surface area contributed by atoms with Gasteiger partial charge in [0.2, 0.25) is 5.89 Å². The second-order valence-electron chi connectivity index (χ2n) is 6.61. The lowest BCUT2D eigenvalue weighted by molar-refractivity contribution is 0.619. The fourth-order valence-electron chi connectivity index (χ4n) is 3.67. The molecule has 0 amide bonds. The Labute approximate surface area is 158 Å². The van der Waals surface area contributed by atoms with Gasteiger partial charge in [-0.3, -0.25) is 0 Å². The topological polar surface area (TPSA) is 39.2 Å². The van der Waals surface area contributed by atoms with Crippen molar-refractivity contribution < 1.29 is 8.83 Å². The van der Waals surface area contributed by atoms with Crippen LogP contribution >= 0.6 is 11.6 Å². The monoisotopic (exact) mass is 369 g/mol. The summed E-state index contributed by atoms with van der Waals surface area (Å²) in [4.78, 5) is 4.80. The van der Waals surface area contributed by atoms with E-state index in [0.29, 0.717) is 10.9 Å². The lowest BCUT2D eigenvalue weighted by atomic mass is 10.1. The van der Waals surface area contributed by atoms with E-state index in [-0.39, 0.29) is 0 Å². The van der Waals surface area contributed by atoms with E-state index in [1.807, 2.05) is 48.5 Å². The van der Waals surface area contributed by atoms with E-state index in [1.165, 1.54) is 5.39 Å². The minimum atomic E-state index is 0.597. The summed E-state index contributed by atoms with van der Waals surface area (Å²) < 4.78 is 12.0. The second kappa shape index (κ2) is 5.35. The van der Waals surface area contributed by atoms with Crippen molar-refractivity contribution >= 4 is 55.4 Å². The fourth-order valence-corrected chi connectivity index (χ4v) is 3.84. The molecule has 27 heavy (non-hydrogen) atoms. The van der Waals surface area contributed by atoms with Crippen molar-refractivity contribution in [2.24, 2.45) is 0 Å². The Bertz CT molecular complexity index is 1490. The summed E-state index contributed by atoms with van der Waals surface area (Å²) in [5.41, 5.74) is 4.03. The molecule has 0 aliphatic carbocycles. The smallest absolute Gasteiger partial charge is 0.227 e. The van der Waals surface area contributed by atoms with Gasteiger partial charge >= 0.3 is 0 Å². The first-order valence-electron chi connectivity index (χ1n) is 8.67. The maximum Gasteiger partial charge on any atom is 0.227 e. The molecule has 2 heterocycles. The molecule has 4 aromatic carbocycles. The van der Waals surface area contributed by atoms with Crippen molar-refractivity contribution in [1.82, 2.24) is 4.98 Å². The number of oxazole rings is 1. The van der Waals surface area contributed by atoms with Gasteiger partial charge < -0.3 is 8.83 Å². The van der Waals surface area contributed by atoms with E-state index in [0.717, 1.165) is 44.0 Å². The summed E-state index contributed by atoms with van der Waals surface area (Å²) in [6.45, 7) is 0. The van der Waals surface area contributed by atoms with Gasteiger partial charge in [-0.05, 0) is 53.2 Å². The molecule has 0 spiro atoms. The summed E-state index contributed by atoms with van der Waals surface area (Å²) in [5, 5.41) is 4.89. The lowest BCUT2D eigenvalue weighted by Gasteiger charge is -1.99. The van der Waals surface area contributed by atoms with Gasteiger partial charge in [0.05, 0.1) is 5.39 Å². The van der Waals surface area contributed by atoms with Gasteiger partial charge in [-0.25, -0.2) is 4.98 Å². The number of hydrogen-bond acceptors (Lipinski definition) is 3. The molecule has 0 atom stereocenters. The third-order valence-electron chi connectivity index (χ3n) is 4.95. The molecular weight excluding hydrogens is 358 g/mol. The van der Waals surface area contributed by atoms with Crippen molar-refractivity contribution in [3.8, 4) is 11.5 Å². The lowest BCUT2D eigenvalue weighted by Crippen LogP contribution is -1.79. The molecule has 0 saturated carbocycles. The zero-order valence-corrected chi connectivity index (χ0v) is 14.8. The summed E-state index contributed by atoms with van der Waals surface area (Å²) in [6.07, 6.45) is 0. The molecule has 128 valence electrons. The van der Waals surface area contributed by atoms with Gasteiger partial charge in [0.25, 0.3) is 0 Å². The molecule has 3 nitrogen and oxygen atoms in total. The van der Waals surface area contributed by atoms with E-state index in [1.54, 1.807) is 0 Å². The van der Waals surface area contributed by atoms with E-state index >= 15 is 0 Å². The molecule has 0 bridgehead atoms. The first kappa shape index (κ1) is 14.8. The first-order chi connectivity index (χ1) is 13.3. The maximum absolute atomic E-state index is 6.20. The molecule has 6 rings (SSSR count). The Morgan fingerprint density at radius 2 is 1.52 bits per heavy atom. The summed E-state index contributed by atoms with van der Waals surface area (Å²) in [7, 11) is 0. The van der Waals surface area contributed by atoms with Gasteiger partial charge in [0, 0.05) is 16.0 Å². The van der Waals surface area contributed by atoms with Crippen molar-refractivity contribution in [3.63, 3.8) is 0 Å². The van der Waals surface area contributed by atoms with Crippen LogP contribution < -0.4 is 0 Å². The van der Waals surface area contributed by atoms with Gasteiger partial charge in [-0.1, -0.05) is 41.9 Å². The quantitative estimate of drug-likeness (QED) is 0.307. The summed E-state index contributed by atoms with van der Waals surface area (Å²) >= 11 is 6.20. The first-order valence-corrected chi connectivity index (χ1v) is 9.04. The average molecular weight is 370 g/mol. The maximum atomic E-state index is 6.20. The highest BCUT2D eigenvalue weighted by atomic mass is 35.5. The third kappa shape index (κ3) is 2.19. The Morgan fingerprint density at radius 3 is 2.44 bits per heavy atom. The Kier molecular flexibility index (Phi) is 2.94. The number of hydrogen-bond donors (Lipinski definition) is 0. The zero-order valence-electron chi connectivity index (χ0n) is 14.1. The van der Waals surface area contributed by atoms with E-state index in [4.69, 9.17) is 25.4 Å². The number of rotatable bonds is 1. The highest BCUT2D eigenvalue weighted by Gasteiger charge is 2.16. The molecule has 0 fully saturated rings. The zero-order chi connectivity index (χ0) is 18.0. The standard InChI is InChI=1S/C23H12ClNO2/c24-16-7-8-18-17(12-16)21-19(26-18)9-10-20-22(21)25-23(27-20)15-6-5-13-3-1-2-4-14(13)11-15/h1-12H. The van der Waals surface area contributed by atoms with Crippen molar-refractivity contribution in [2.75, 3.05) is 0 Å². The Balaban J connectivity index is 1.65. The number of halogens is 1. The van der Waals surface area contributed by atoms with E-state index < -0.39 is 0 Å². The highest BCUT2D eigenvalue weighted by molar-refractivity contribution is 6.32. The van der Waals surface area contributed by atoms with Crippen LogP contribution in [0.2, 0.25) is 5.02 Å². The Hall–Kier alpha value is -3.30. The van der Waals surface area contributed by atoms with Crippen LogP contribution in [0.3, 0.4) is 0 Å². The normalized spacial score (nSPS) is 11.9. The van der Waals surface area contributed by atoms with Crippen LogP contribution in [0.4, 0.5) is 0 Å². The van der Waals surface area contributed by atoms with Gasteiger partial charge in [0.1, 0.15) is 16.7 Å². The molecule has 2 aromatic heterocycles. The van der Waals surface area contributed by atoms with Crippen molar-refractivity contribution in [3.05, 3.63) is 77.8 Å². The SMILES string of the molecule is Clc1ccc2oc3ccc4oc(-c5ccc6ccccc6c5)nc4c3c2c1.